The molecule has 3 aromatic heterocycles. The Kier molecular flexibility index (Phi) is 34.0. The molecule has 0 saturated carbocycles. The van der Waals surface area contributed by atoms with E-state index in [0.29, 0.717) is 30.7 Å². The van der Waals surface area contributed by atoms with Crippen LogP contribution in [0.25, 0.3) is 0 Å². The molecule has 0 unspecified atom stereocenters. The summed E-state index contributed by atoms with van der Waals surface area (Å²) in [4.78, 5) is 49.3. The third-order valence-electron chi connectivity index (χ3n) is 16.9. The Balaban J connectivity index is 0.000000343. The molecule has 482 valence electrons. The smallest absolute Gasteiger partial charge is 0.246 e. The Morgan fingerprint density at radius 1 is 0.443 bits per heavy atom. The lowest BCUT2D eigenvalue weighted by Crippen LogP contribution is -2.29. The number of nitrogens with one attached hydrogen (secondary N) is 6. The number of hydrogen-bond donors (Lipinski definition) is 9. The fourth-order valence-electron chi connectivity index (χ4n) is 10.7. The molecule has 0 aliphatic carbocycles. The van der Waals surface area contributed by atoms with Crippen LogP contribution in [0.4, 0.5) is 4.39 Å². The van der Waals surface area contributed by atoms with Crippen molar-refractivity contribution >= 4 is 29.3 Å². The molecule has 6 rings (SSSR count). The summed E-state index contributed by atoms with van der Waals surface area (Å²) in [6.45, 7) is 29.6. The van der Waals surface area contributed by atoms with Crippen molar-refractivity contribution in [2.75, 3.05) is 19.6 Å². The van der Waals surface area contributed by atoms with Gasteiger partial charge in [-0.05, 0) is 270 Å². The molecule has 0 aliphatic heterocycles. The van der Waals surface area contributed by atoms with E-state index in [1.54, 1.807) is 12.3 Å². The average Bonchev–Trinajstić information content (AvgIpc) is 3.46. The first kappa shape index (κ1) is 75.7. The normalized spacial score (nSPS) is 13.0. The fourth-order valence-corrected chi connectivity index (χ4v) is 10.8. The van der Waals surface area contributed by atoms with Crippen LogP contribution in [-0.4, -0.2) is 67.9 Å². The fraction of sp³-hybridized carbons (Fsp3) is 0.493. The quantitative estimate of drug-likeness (QED) is 0.0117. The molecule has 15 nitrogen and oxygen atoms in total. The van der Waals surface area contributed by atoms with Crippen LogP contribution < -0.4 is 32.4 Å². The average molecular weight is 1230 g/mol. The van der Waals surface area contributed by atoms with E-state index in [0.717, 1.165) is 110 Å². The Bertz CT molecular complexity index is 2680. The highest BCUT2D eigenvalue weighted by molar-refractivity contribution is 6.30. The Hall–Kier alpha value is -6.50. The monoisotopic (exact) mass is 1230 g/mol. The molecular weight excluding hydrogens is 1130 g/mol. The molecule has 6 atom stereocenters. The third kappa shape index (κ3) is 25.9. The van der Waals surface area contributed by atoms with Gasteiger partial charge in [0, 0.05) is 48.3 Å². The van der Waals surface area contributed by atoms with Gasteiger partial charge in [0.2, 0.25) is 17.7 Å². The van der Waals surface area contributed by atoms with Gasteiger partial charge in [-0.1, -0.05) is 80.8 Å². The zero-order valence-corrected chi connectivity index (χ0v) is 54.7. The maximum Gasteiger partial charge on any atom is 0.246 e. The van der Waals surface area contributed by atoms with Crippen LogP contribution in [0.1, 0.15) is 194 Å². The first-order valence-corrected chi connectivity index (χ1v) is 31.2. The minimum Gasteiger partial charge on any atom is -0.309 e. The van der Waals surface area contributed by atoms with Crippen molar-refractivity contribution in [2.24, 2.45) is 17.8 Å². The van der Waals surface area contributed by atoms with E-state index in [1.807, 2.05) is 48.6 Å². The molecule has 0 spiro atoms. The van der Waals surface area contributed by atoms with Crippen molar-refractivity contribution in [2.45, 2.75) is 193 Å². The first-order chi connectivity index (χ1) is 41.4. The lowest BCUT2D eigenvalue weighted by Gasteiger charge is -2.17. The molecule has 0 radical (unpaired) electrons. The Morgan fingerprint density at radius 3 is 1.00 bits per heavy atom. The number of aryl methyl sites for hydroxylation is 7. The summed E-state index contributed by atoms with van der Waals surface area (Å²) in [7, 11) is 0. The minimum atomic E-state index is -0.340. The number of aromatic nitrogens is 3. The highest BCUT2D eigenvalue weighted by Gasteiger charge is 2.22. The van der Waals surface area contributed by atoms with E-state index >= 15 is 0 Å². The summed E-state index contributed by atoms with van der Waals surface area (Å²) in [5, 5.41) is 38.3. The first-order valence-electron chi connectivity index (χ1n) is 30.8. The molecule has 9 N–H and O–H groups in total. The number of pyridine rings is 3. The zero-order valence-electron chi connectivity index (χ0n) is 53.9. The lowest BCUT2D eigenvalue weighted by atomic mass is 9.90. The summed E-state index contributed by atoms with van der Waals surface area (Å²) >= 11 is 5.88. The number of nitrogens with zero attached hydrogens (tertiary/aromatic N) is 3. The van der Waals surface area contributed by atoms with Gasteiger partial charge in [-0.3, -0.25) is 45.0 Å². The van der Waals surface area contributed by atoms with Gasteiger partial charge in [0.25, 0.3) is 0 Å². The van der Waals surface area contributed by atoms with Crippen LogP contribution in [0, 0.1) is 92.8 Å². The van der Waals surface area contributed by atoms with Gasteiger partial charge < -0.3 is 16.0 Å². The van der Waals surface area contributed by atoms with Gasteiger partial charge in [-0.15, -0.1) is 0 Å². The largest absolute Gasteiger partial charge is 0.309 e. The third-order valence-corrected chi connectivity index (χ3v) is 17.1. The van der Waals surface area contributed by atoms with Crippen LogP contribution in [0.5, 0.6) is 0 Å². The van der Waals surface area contributed by atoms with Gasteiger partial charge in [0.15, 0.2) is 0 Å². The predicted octanol–water partition coefficient (Wildman–Crippen LogP) is 14.3. The number of hydroxylamine groups is 3. The number of halogens is 2. The van der Waals surface area contributed by atoms with E-state index in [-0.39, 0.29) is 66.8 Å². The van der Waals surface area contributed by atoms with Gasteiger partial charge in [-0.2, -0.15) is 0 Å². The van der Waals surface area contributed by atoms with Crippen molar-refractivity contribution in [3.05, 3.63) is 192 Å². The number of amides is 3. The Morgan fingerprint density at radius 2 is 0.739 bits per heavy atom. The van der Waals surface area contributed by atoms with Crippen molar-refractivity contribution in [3.63, 3.8) is 0 Å². The van der Waals surface area contributed by atoms with Crippen molar-refractivity contribution in [1.29, 1.82) is 0 Å². The summed E-state index contributed by atoms with van der Waals surface area (Å²) in [5.74, 6) is -2.02. The molecule has 3 aromatic carbocycles. The van der Waals surface area contributed by atoms with Crippen LogP contribution in [0.2, 0.25) is 5.02 Å². The van der Waals surface area contributed by atoms with Crippen LogP contribution in [0.3, 0.4) is 0 Å². The highest BCUT2D eigenvalue weighted by Crippen LogP contribution is 2.25. The molecule has 3 amide bonds. The number of unbranched alkanes of at least 4 members (excludes halogenated alkanes) is 3. The number of carbonyl (C=O) groups is 3. The van der Waals surface area contributed by atoms with Crippen molar-refractivity contribution in [1.82, 2.24) is 47.3 Å². The van der Waals surface area contributed by atoms with Crippen LogP contribution >= 0.6 is 11.6 Å². The standard InChI is InChI=1S/C24H35N3O2.C23H32ClN3O2.C23H32FN3O2.CH4/c1-16-9-10-23(26-15-16)20(5)25-11-7-6-8-22(24(28)27-29)14-21-12-17(2)19(4)18(3)13-21;2*1-15-11-19(12-16(2)17(15)3)13-20(23(28)27-29)7-5-6-10-25-18(4)22-9-8-21(24)14-26-22;/h9-10,12-13,15,20,22,25,29H,6-8,11,14H2,1-5H3,(H,27,28);2*8-9,11-12,14,18,20,25,29H,5-7,10,13H2,1-4H3,(H,27,28);1H4/t20-,22+;2*18-,20+;/m111./s1. The second-order valence-corrected chi connectivity index (χ2v) is 24.2. The number of hydrogen-bond acceptors (Lipinski definition) is 12. The van der Waals surface area contributed by atoms with E-state index < -0.39 is 0 Å². The molecule has 0 fully saturated rings. The molecule has 3 heterocycles. The predicted molar refractivity (Wildman–Crippen MR) is 353 cm³/mol. The lowest BCUT2D eigenvalue weighted by molar-refractivity contribution is -0.134. The number of rotatable bonds is 30. The molecule has 0 aliphatic rings. The SMILES string of the molecule is C.Cc1cc(C[C@H](CCCCN[C@H](C)c2ccc(Cl)cn2)C(=O)NO)cc(C)c1C.Cc1cc(C[C@H](CCCCN[C@H](C)c2ccc(F)cn2)C(=O)NO)cc(C)c1C.Cc1ccc([C@@H](C)NCCCC[C@@H](Cc2cc(C)c(C)c(C)c2)C(=O)NO)nc1. The van der Waals surface area contributed by atoms with Crippen LogP contribution in [0.15, 0.2) is 91.4 Å². The summed E-state index contributed by atoms with van der Waals surface area (Å²) in [6.07, 6.45) is 14.3. The number of benzene rings is 3. The highest BCUT2D eigenvalue weighted by atomic mass is 35.5. The summed E-state index contributed by atoms with van der Waals surface area (Å²) in [5.41, 5.74) is 24.1. The van der Waals surface area contributed by atoms with E-state index in [4.69, 9.17) is 27.2 Å². The van der Waals surface area contributed by atoms with Crippen LogP contribution in [-0.2, 0) is 33.6 Å². The van der Waals surface area contributed by atoms with Gasteiger partial charge >= 0.3 is 0 Å². The summed E-state index contributed by atoms with van der Waals surface area (Å²) < 4.78 is 13.0. The van der Waals surface area contributed by atoms with E-state index in [9.17, 15) is 18.8 Å². The molecule has 6 aromatic rings. The van der Waals surface area contributed by atoms with Gasteiger partial charge in [-0.25, -0.2) is 20.8 Å². The molecule has 88 heavy (non-hydrogen) atoms. The maximum atomic E-state index is 13.0. The Labute approximate surface area is 530 Å². The minimum absolute atomic E-state index is 0. The topological polar surface area (TPSA) is 223 Å². The van der Waals surface area contributed by atoms with Crippen molar-refractivity contribution in [3.8, 4) is 0 Å². The molecule has 0 saturated heterocycles. The zero-order chi connectivity index (χ0) is 64.2. The molecule has 17 heteroatoms. The molecular formula is C71H103ClFN9O6. The van der Waals surface area contributed by atoms with E-state index in [2.05, 4.69) is 156 Å². The van der Waals surface area contributed by atoms with E-state index in [1.165, 1.54) is 62.3 Å². The maximum absolute atomic E-state index is 13.0. The second-order valence-electron chi connectivity index (χ2n) is 23.8. The number of carbonyl (C=O) groups excluding carboxylic acids is 3. The van der Waals surface area contributed by atoms with Crippen molar-refractivity contribution < 1.29 is 34.4 Å². The van der Waals surface area contributed by atoms with Gasteiger partial charge in [0.1, 0.15) is 5.82 Å². The second kappa shape index (κ2) is 39.5. The van der Waals surface area contributed by atoms with Gasteiger partial charge in [0.05, 0.1) is 28.3 Å². The molecule has 0 bridgehead atoms. The summed E-state index contributed by atoms with van der Waals surface area (Å²) in [6, 6.07) is 24.2.